The summed E-state index contributed by atoms with van der Waals surface area (Å²) in [6.45, 7) is 8.83. The number of halogens is 1. The molecule has 128 valence electrons. The number of benzene rings is 1. The van der Waals surface area contributed by atoms with Crippen molar-refractivity contribution in [2.75, 3.05) is 0 Å². The van der Waals surface area contributed by atoms with Crippen molar-refractivity contribution in [1.82, 2.24) is 5.32 Å². The van der Waals surface area contributed by atoms with Gasteiger partial charge in [0.25, 0.3) is 0 Å². The van der Waals surface area contributed by atoms with E-state index in [0.717, 1.165) is 10.0 Å². The Balaban J connectivity index is 2.84. The second kappa shape index (κ2) is 8.34. The lowest BCUT2D eigenvalue weighted by molar-refractivity contribution is -0.149. The quantitative estimate of drug-likeness (QED) is 0.781. The molecule has 23 heavy (non-hydrogen) atoms. The largest absolute Gasteiger partial charge is 0.461 e. The van der Waals surface area contributed by atoms with Crippen LogP contribution in [0.15, 0.2) is 28.7 Å². The third-order valence-electron chi connectivity index (χ3n) is 2.66. The zero-order valence-electron chi connectivity index (χ0n) is 14.2. The maximum Gasteiger partial charge on any atom is 0.408 e. The molecule has 0 fully saturated rings. The Kier molecular flexibility index (Phi) is 7.06. The van der Waals surface area contributed by atoms with Gasteiger partial charge in [-0.1, -0.05) is 28.1 Å². The molecule has 5 nitrogen and oxygen atoms in total. The average Bonchev–Trinajstić information content (AvgIpc) is 2.34. The van der Waals surface area contributed by atoms with E-state index < -0.39 is 23.7 Å². The first-order chi connectivity index (χ1) is 10.6. The summed E-state index contributed by atoms with van der Waals surface area (Å²) in [5, 5.41) is 2.60. The van der Waals surface area contributed by atoms with Gasteiger partial charge in [0.1, 0.15) is 11.6 Å². The molecular formula is C17H24BrNO4. The molecule has 0 saturated heterocycles. The van der Waals surface area contributed by atoms with Crippen LogP contribution < -0.4 is 5.32 Å². The third-order valence-corrected chi connectivity index (χ3v) is 3.15. The van der Waals surface area contributed by atoms with E-state index in [2.05, 4.69) is 21.2 Å². The van der Waals surface area contributed by atoms with Crippen molar-refractivity contribution in [1.29, 1.82) is 0 Å². The van der Waals surface area contributed by atoms with Crippen LogP contribution in [0.1, 0.15) is 40.2 Å². The first kappa shape index (κ1) is 19.5. The number of carbonyl (C=O) groups excluding carboxylic acids is 2. The minimum Gasteiger partial charge on any atom is -0.461 e. The van der Waals surface area contributed by atoms with Gasteiger partial charge in [-0.25, -0.2) is 9.59 Å². The molecule has 0 aromatic heterocycles. The minimum absolute atomic E-state index is 0.257. The van der Waals surface area contributed by atoms with Crippen LogP contribution in [0.3, 0.4) is 0 Å². The van der Waals surface area contributed by atoms with Gasteiger partial charge in [0.2, 0.25) is 0 Å². The molecule has 0 aliphatic heterocycles. The second-order valence-corrected chi connectivity index (χ2v) is 7.43. The summed E-state index contributed by atoms with van der Waals surface area (Å²) in [5.74, 6) is -0.481. The van der Waals surface area contributed by atoms with Crippen LogP contribution in [-0.4, -0.2) is 29.8 Å². The van der Waals surface area contributed by atoms with Crippen LogP contribution >= 0.6 is 15.9 Å². The standard InChI is InChI=1S/C17H24BrNO4/c1-11(2)22-15(20)14(19-16(21)23-17(3,4)5)10-12-7-6-8-13(18)9-12/h6-9,11,14H,10H2,1-5H3,(H,19,21). The third kappa shape index (κ3) is 8.02. The van der Waals surface area contributed by atoms with Gasteiger partial charge in [-0.15, -0.1) is 0 Å². The molecule has 0 spiro atoms. The second-order valence-electron chi connectivity index (χ2n) is 6.52. The molecule has 1 aromatic carbocycles. The van der Waals surface area contributed by atoms with Crippen molar-refractivity contribution in [2.45, 2.75) is 58.8 Å². The molecule has 1 N–H and O–H groups in total. The number of amides is 1. The predicted octanol–water partition coefficient (Wildman–Crippen LogP) is 3.84. The summed E-state index contributed by atoms with van der Waals surface area (Å²) >= 11 is 3.39. The average molecular weight is 386 g/mol. The lowest BCUT2D eigenvalue weighted by Gasteiger charge is -2.23. The van der Waals surface area contributed by atoms with E-state index in [-0.39, 0.29) is 6.10 Å². The van der Waals surface area contributed by atoms with E-state index in [1.165, 1.54) is 0 Å². The summed E-state index contributed by atoms with van der Waals surface area (Å²) in [6.07, 6.45) is -0.573. The summed E-state index contributed by atoms with van der Waals surface area (Å²) in [7, 11) is 0. The van der Waals surface area contributed by atoms with Gasteiger partial charge < -0.3 is 14.8 Å². The van der Waals surface area contributed by atoms with Gasteiger partial charge in [-0.3, -0.25) is 0 Å². The lowest BCUT2D eigenvalue weighted by Crippen LogP contribution is -2.46. The summed E-state index contributed by atoms with van der Waals surface area (Å²) in [4.78, 5) is 24.2. The minimum atomic E-state index is -0.804. The van der Waals surface area contributed by atoms with Crippen molar-refractivity contribution in [3.63, 3.8) is 0 Å². The maximum atomic E-state index is 12.2. The monoisotopic (exact) mass is 385 g/mol. The topological polar surface area (TPSA) is 64.6 Å². The van der Waals surface area contributed by atoms with Gasteiger partial charge in [0.05, 0.1) is 6.10 Å². The van der Waals surface area contributed by atoms with Gasteiger partial charge in [0.15, 0.2) is 0 Å². The highest BCUT2D eigenvalue weighted by molar-refractivity contribution is 9.10. The van der Waals surface area contributed by atoms with Crippen LogP contribution in [0.5, 0.6) is 0 Å². The fraction of sp³-hybridized carbons (Fsp3) is 0.529. The highest BCUT2D eigenvalue weighted by Gasteiger charge is 2.26. The van der Waals surface area contributed by atoms with Crippen molar-refractivity contribution in [3.8, 4) is 0 Å². The van der Waals surface area contributed by atoms with Crippen molar-refractivity contribution >= 4 is 28.0 Å². The van der Waals surface area contributed by atoms with E-state index in [1.807, 2.05) is 24.3 Å². The zero-order valence-corrected chi connectivity index (χ0v) is 15.8. The summed E-state index contributed by atoms with van der Waals surface area (Å²) in [6, 6.07) is 6.75. The van der Waals surface area contributed by atoms with Crippen LogP contribution in [0, 0.1) is 0 Å². The van der Waals surface area contributed by atoms with Crippen molar-refractivity contribution in [3.05, 3.63) is 34.3 Å². The highest BCUT2D eigenvalue weighted by atomic mass is 79.9. The first-order valence-corrected chi connectivity index (χ1v) is 8.30. The number of alkyl carbamates (subject to hydrolysis) is 1. The zero-order chi connectivity index (χ0) is 17.6. The van der Waals surface area contributed by atoms with E-state index in [0.29, 0.717) is 6.42 Å². The van der Waals surface area contributed by atoms with Crippen LogP contribution in [0.25, 0.3) is 0 Å². The molecule has 0 aliphatic rings. The van der Waals surface area contributed by atoms with Crippen LogP contribution in [0.4, 0.5) is 4.79 Å². The van der Waals surface area contributed by atoms with E-state index in [9.17, 15) is 9.59 Å². The molecule has 0 radical (unpaired) electrons. The Bertz CT molecular complexity index is 552. The molecular weight excluding hydrogens is 362 g/mol. The Hall–Kier alpha value is -1.56. The molecule has 0 saturated carbocycles. The number of nitrogens with one attached hydrogen (secondary N) is 1. The summed E-state index contributed by atoms with van der Waals surface area (Å²) < 4.78 is 11.3. The van der Waals surface area contributed by atoms with Crippen molar-refractivity contribution in [2.24, 2.45) is 0 Å². The van der Waals surface area contributed by atoms with Gasteiger partial charge in [0, 0.05) is 10.9 Å². The Morgan fingerprint density at radius 3 is 2.43 bits per heavy atom. The molecule has 6 heteroatoms. The van der Waals surface area contributed by atoms with E-state index in [1.54, 1.807) is 34.6 Å². The Morgan fingerprint density at radius 2 is 1.91 bits per heavy atom. The molecule has 1 amide bonds. The number of hydrogen-bond acceptors (Lipinski definition) is 4. The number of rotatable bonds is 5. The van der Waals surface area contributed by atoms with E-state index >= 15 is 0 Å². The fourth-order valence-corrected chi connectivity index (χ4v) is 2.30. The number of ether oxygens (including phenoxy) is 2. The Morgan fingerprint density at radius 1 is 1.26 bits per heavy atom. The number of esters is 1. The molecule has 0 aliphatic carbocycles. The maximum absolute atomic E-state index is 12.2. The molecule has 1 atom stereocenters. The summed E-state index contributed by atoms with van der Waals surface area (Å²) in [5.41, 5.74) is 0.271. The normalized spacial score (nSPS) is 12.7. The van der Waals surface area contributed by atoms with Gasteiger partial charge in [-0.2, -0.15) is 0 Å². The Labute approximate surface area is 145 Å². The highest BCUT2D eigenvalue weighted by Crippen LogP contribution is 2.14. The van der Waals surface area contributed by atoms with E-state index in [4.69, 9.17) is 9.47 Å². The molecule has 0 bridgehead atoms. The molecule has 1 unspecified atom stereocenters. The smallest absolute Gasteiger partial charge is 0.408 e. The van der Waals surface area contributed by atoms with Crippen LogP contribution in [0.2, 0.25) is 0 Å². The molecule has 1 aromatic rings. The SMILES string of the molecule is CC(C)OC(=O)C(Cc1cccc(Br)c1)NC(=O)OC(C)(C)C. The number of hydrogen-bond donors (Lipinski definition) is 1. The lowest BCUT2D eigenvalue weighted by atomic mass is 10.1. The predicted molar refractivity (Wildman–Crippen MR) is 92.2 cm³/mol. The van der Waals surface area contributed by atoms with Crippen molar-refractivity contribution < 1.29 is 19.1 Å². The van der Waals surface area contributed by atoms with Gasteiger partial charge >= 0.3 is 12.1 Å². The fourth-order valence-electron chi connectivity index (χ4n) is 1.86. The molecule has 0 heterocycles. The van der Waals surface area contributed by atoms with Gasteiger partial charge in [-0.05, 0) is 52.3 Å². The number of carbonyl (C=O) groups is 2. The first-order valence-electron chi connectivity index (χ1n) is 7.51. The van der Waals surface area contributed by atoms with Crippen LogP contribution in [-0.2, 0) is 20.7 Å². The molecule has 1 rings (SSSR count).